The highest BCUT2D eigenvalue weighted by Crippen LogP contribution is 2.48. The van der Waals surface area contributed by atoms with Crippen molar-refractivity contribution < 1.29 is 9.13 Å². The van der Waals surface area contributed by atoms with Crippen LogP contribution in [0.4, 0.5) is 4.39 Å². The average Bonchev–Trinajstić information content (AvgIpc) is 3.33. The number of nitrogens with zero attached hydrogens (tertiary/aromatic N) is 1. The third-order valence-electron chi connectivity index (χ3n) is 4.45. The van der Waals surface area contributed by atoms with Gasteiger partial charge < -0.3 is 15.4 Å². The first kappa shape index (κ1) is 22.2. The SMILES string of the molecule is CCNC(=NCC1(CCOCC)CC1)NCCc1cccc(F)c1.I. The number of benzene rings is 1. The van der Waals surface area contributed by atoms with Gasteiger partial charge in [-0.1, -0.05) is 12.1 Å². The van der Waals surface area contributed by atoms with Gasteiger partial charge in [-0.25, -0.2) is 4.39 Å². The van der Waals surface area contributed by atoms with Crippen molar-refractivity contribution in [1.29, 1.82) is 0 Å². The Hall–Kier alpha value is -0.890. The van der Waals surface area contributed by atoms with Crippen molar-refractivity contribution in [3.8, 4) is 0 Å². The molecule has 0 spiro atoms. The molecule has 0 saturated heterocycles. The van der Waals surface area contributed by atoms with E-state index in [2.05, 4.69) is 17.6 Å². The number of halogens is 2. The minimum atomic E-state index is -0.182. The van der Waals surface area contributed by atoms with Crippen LogP contribution in [0.1, 0.15) is 38.7 Å². The molecule has 4 nitrogen and oxygen atoms in total. The van der Waals surface area contributed by atoms with Crippen LogP contribution in [-0.4, -0.2) is 38.8 Å². The zero-order valence-electron chi connectivity index (χ0n) is 15.3. The molecule has 1 aromatic rings. The van der Waals surface area contributed by atoms with Crippen LogP contribution in [-0.2, 0) is 11.2 Å². The van der Waals surface area contributed by atoms with Gasteiger partial charge in [0.2, 0.25) is 0 Å². The van der Waals surface area contributed by atoms with Gasteiger partial charge in [-0.2, -0.15) is 0 Å². The lowest BCUT2D eigenvalue weighted by molar-refractivity contribution is 0.129. The lowest BCUT2D eigenvalue weighted by atomic mass is 10.0. The Morgan fingerprint density at radius 2 is 2.08 bits per heavy atom. The van der Waals surface area contributed by atoms with E-state index in [0.717, 1.165) is 57.2 Å². The molecule has 2 rings (SSSR count). The summed E-state index contributed by atoms with van der Waals surface area (Å²) in [4.78, 5) is 4.74. The zero-order chi connectivity index (χ0) is 17.3. The van der Waals surface area contributed by atoms with E-state index in [-0.39, 0.29) is 29.8 Å². The number of hydrogen-bond acceptors (Lipinski definition) is 2. The second-order valence-electron chi connectivity index (χ2n) is 6.45. The summed E-state index contributed by atoms with van der Waals surface area (Å²) in [5.74, 6) is 0.662. The maximum absolute atomic E-state index is 13.2. The smallest absolute Gasteiger partial charge is 0.191 e. The van der Waals surface area contributed by atoms with E-state index >= 15 is 0 Å². The molecular weight excluding hydrogens is 432 g/mol. The van der Waals surface area contributed by atoms with E-state index in [1.54, 1.807) is 12.1 Å². The normalized spacial score (nSPS) is 15.4. The molecule has 0 atom stereocenters. The highest BCUT2D eigenvalue weighted by atomic mass is 127. The molecule has 2 N–H and O–H groups in total. The molecule has 1 aromatic carbocycles. The molecule has 1 aliphatic rings. The average molecular weight is 463 g/mol. The first-order valence-electron chi connectivity index (χ1n) is 9.02. The summed E-state index contributed by atoms with van der Waals surface area (Å²) in [6.45, 7) is 8.11. The number of aliphatic imine (C=N–C) groups is 1. The highest BCUT2D eigenvalue weighted by Gasteiger charge is 2.41. The number of hydrogen-bond donors (Lipinski definition) is 2. The second kappa shape index (κ2) is 11.7. The van der Waals surface area contributed by atoms with Crippen molar-refractivity contribution in [2.75, 3.05) is 32.8 Å². The topological polar surface area (TPSA) is 45.7 Å². The molecule has 0 amide bonds. The second-order valence-corrected chi connectivity index (χ2v) is 6.45. The van der Waals surface area contributed by atoms with E-state index in [0.29, 0.717) is 5.41 Å². The number of nitrogens with one attached hydrogen (secondary N) is 2. The van der Waals surface area contributed by atoms with Crippen molar-refractivity contribution in [2.45, 2.75) is 39.5 Å². The summed E-state index contributed by atoms with van der Waals surface area (Å²) < 4.78 is 18.7. The molecule has 1 fully saturated rings. The Morgan fingerprint density at radius 1 is 1.28 bits per heavy atom. The third-order valence-corrected chi connectivity index (χ3v) is 4.45. The van der Waals surface area contributed by atoms with Crippen LogP contribution in [0.15, 0.2) is 29.3 Å². The number of ether oxygens (including phenoxy) is 1. The van der Waals surface area contributed by atoms with Crippen molar-refractivity contribution in [3.05, 3.63) is 35.6 Å². The van der Waals surface area contributed by atoms with E-state index in [1.807, 2.05) is 13.0 Å². The van der Waals surface area contributed by atoms with Crippen molar-refractivity contribution in [3.63, 3.8) is 0 Å². The highest BCUT2D eigenvalue weighted by molar-refractivity contribution is 14.0. The summed E-state index contributed by atoms with van der Waals surface area (Å²) in [5.41, 5.74) is 1.34. The van der Waals surface area contributed by atoms with Crippen LogP contribution in [0.2, 0.25) is 0 Å². The fourth-order valence-corrected chi connectivity index (χ4v) is 2.70. The summed E-state index contributed by atoms with van der Waals surface area (Å²) in [6, 6.07) is 6.75. The first-order valence-corrected chi connectivity index (χ1v) is 9.02. The molecular formula is C19H31FIN3O. The van der Waals surface area contributed by atoms with E-state index in [4.69, 9.17) is 9.73 Å². The van der Waals surface area contributed by atoms with Crippen LogP contribution >= 0.6 is 24.0 Å². The standard InChI is InChI=1S/C19H30FN3O.HI/c1-3-21-18(22-12-8-16-6-5-7-17(20)14-16)23-15-19(9-10-19)11-13-24-4-2;/h5-7,14H,3-4,8-13,15H2,1-2H3,(H2,21,22,23);1H. The van der Waals surface area contributed by atoms with Crippen LogP contribution in [0.25, 0.3) is 0 Å². The molecule has 6 heteroatoms. The maximum atomic E-state index is 13.2. The first-order chi connectivity index (χ1) is 11.7. The molecule has 0 heterocycles. The zero-order valence-corrected chi connectivity index (χ0v) is 17.6. The van der Waals surface area contributed by atoms with E-state index in [9.17, 15) is 4.39 Å². The van der Waals surface area contributed by atoms with Gasteiger partial charge in [0.25, 0.3) is 0 Å². The molecule has 0 radical (unpaired) electrons. The molecule has 0 unspecified atom stereocenters. The van der Waals surface area contributed by atoms with Gasteiger partial charge >= 0.3 is 0 Å². The monoisotopic (exact) mass is 463 g/mol. The molecule has 0 bridgehead atoms. The van der Waals surface area contributed by atoms with Gasteiger partial charge in [0, 0.05) is 32.8 Å². The molecule has 1 aliphatic carbocycles. The Kier molecular flexibility index (Phi) is 10.3. The van der Waals surface area contributed by atoms with Crippen molar-refractivity contribution >= 4 is 29.9 Å². The minimum Gasteiger partial charge on any atom is -0.382 e. The van der Waals surface area contributed by atoms with Crippen LogP contribution in [0, 0.1) is 11.2 Å². The van der Waals surface area contributed by atoms with Gasteiger partial charge in [0.15, 0.2) is 5.96 Å². The molecule has 142 valence electrons. The van der Waals surface area contributed by atoms with E-state index in [1.165, 1.54) is 18.9 Å². The lowest BCUT2D eigenvalue weighted by Crippen LogP contribution is -2.38. The van der Waals surface area contributed by atoms with Gasteiger partial charge in [-0.15, -0.1) is 24.0 Å². The summed E-state index contributed by atoms with van der Waals surface area (Å²) in [7, 11) is 0. The fraction of sp³-hybridized carbons (Fsp3) is 0.632. The van der Waals surface area contributed by atoms with Gasteiger partial charge in [-0.05, 0) is 62.6 Å². The Labute approximate surface area is 168 Å². The minimum absolute atomic E-state index is 0. The van der Waals surface area contributed by atoms with Gasteiger partial charge in [0.05, 0.1) is 0 Å². The number of guanidine groups is 1. The molecule has 0 aliphatic heterocycles. The molecule has 0 aromatic heterocycles. The Morgan fingerprint density at radius 3 is 2.72 bits per heavy atom. The lowest BCUT2D eigenvalue weighted by Gasteiger charge is -2.15. The fourth-order valence-electron chi connectivity index (χ4n) is 2.70. The molecule has 25 heavy (non-hydrogen) atoms. The quantitative estimate of drug-likeness (QED) is 0.241. The maximum Gasteiger partial charge on any atom is 0.191 e. The van der Waals surface area contributed by atoms with Crippen LogP contribution in [0.5, 0.6) is 0 Å². The summed E-state index contributed by atoms with van der Waals surface area (Å²) >= 11 is 0. The number of rotatable bonds is 10. The summed E-state index contributed by atoms with van der Waals surface area (Å²) in [5, 5.41) is 6.62. The van der Waals surface area contributed by atoms with Crippen molar-refractivity contribution in [1.82, 2.24) is 10.6 Å². The largest absolute Gasteiger partial charge is 0.382 e. The van der Waals surface area contributed by atoms with Crippen LogP contribution < -0.4 is 10.6 Å². The predicted molar refractivity (Wildman–Crippen MR) is 112 cm³/mol. The van der Waals surface area contributed by atoms with E-state index < -0.39 is 0 Å². The molecule has 1 saturated carbocycles. The predicted octanol–water partition coefficient (Wildman–Crippen LogP) is 3.75. The Balaban J connectivity index is 0.00000312. The summed E-state index contributed by atoms with van der Waals surface area (Å²) in [6.07, 6.45) is 4.35. The van der Waals surface area contributed by atoms with Crippen molar-refractivity contribution in [2.24, 2.45) is 10.4 Å². The third kappa shape index (κ3) is 8.35. The Bertz CT molecular complexity index is 535. The van der Waals surface area contributed by atoms with Crippen LogP contribution in [0.3, 0.4) is 0 Å². The van der Waals surface area contributed by atoms with Gasteiger partial charge in [0.1, 0.15) is 5.82 Å². The van der Waals surface area contributed by atoms with Gasteiger partial charge in [-0.3, -0.25) is 4.99 Å².